The van der Waals surface area contributed by atoms with Crippen molar-refractivity contribution in [2.45, 2.75) is 23.9 Å². The van der Waals surface area contributed by atoms with Crippen LogP contribution in [0.1, 0.15) is 5.69 Å². The number of aliphatic hydroxyl groups is 2. The van der Waals surface area contributed by atoms with Gasteiger partial charge in [0.15, 0.2) is 0 Å². The van der Waals surface area contributed by atoms with Crippen LogP contribution in [0.3, 0.4) is 0 Å². The normalized spacial score (nSPS) is 28.6. The van der Waals surface area contributed by atoms with Crippen molar-refractivity contribution in [1.29, 1.82) is 5.26 Å². The number of hydrogen-bond acceptors (Lipinski definition) is 9. The van der Waals surface area contributed by atoms with Crippen molar-refractivity contribution in [3.05, 3.63) is 30.1 Å². The fraction of sp³-hybridized carbons (Fsp3) is 0.400. The zero-order valence-electron chi connectivity index (χ0n) is 13.2. The van der Waals surface area contributed by atoms with Crippen LogP contribution in [0.25, 0.3) is 5.52 Å². The Morgan fingerprint density at radius 3 is 2.96 bits per heavy atom. The highest BCUT2D eigenvalue weighted by Gasteiger charge is 2.57. The highest BCUT2D eigenvalue weighted by molar-refractivity contribution is 5.69. The second-order valence-corrected chi connectivity index (χ2v) is 5.51. The minimum Gasteiger partial charge on any atom is -0.438 e. The number of ether oxygens (including phenoxy) is 3. The first-order valence-electron chi connectivity index (χ1n) is 7.33. The number of anilines is 1. The topological polar surface area (TPSA) is 152 Å². The molecular formula is C15H16N4O6. The van der Waals surface area contributed by atoms with E-state index in [4.69, 9.17) is 15.2 Å². The molecule has 0 aliphatic carbocycles. The van der Waals surface area contributed by atoms with Crippen LogP contribution in [0.2, 0.25) is 0 Å². The number of nitrogen functional groups attached to an aromatic ring is 1. The number of aliphatic hydroxyl groups excluding tert-OH is 2. The van der Waals surface area contributed by atoms with E-state index in [2.05, 4.69) is 9.84 Å². The third kappa shape index (κ3) is 2.54. The molecule has 4 atom stereocenters. The number of hydrogen-bond donors (Lipinski definition) is 3. The highest BCUT2D eigenvalue weighted by atomic mass is 16.7. The quantitative estimate of drug-likeness (QED) is 0.625. The second-order valence-electron chi connectivity index (χ2n) is 5.51. The van der Waals surface area contributed by atoms with Gasteiger partial charge in [-0.25, -0.2) is 9.31 Å². The molecule has 1 fully saturated rings. The van der Waals surface area contributed by atoms with Crippen LogP contribution in [0.4, 0.5) is 10.5 Å². The molecule has 0 unspecified atom stereocenters. The Bertz CT molecular complexity index is 846. The van der Waals surface area contributed by atoms with Crippen molar-refractivity contribution in [1.82, 2.24) is 9.61 Å². The van der Waals surface area contributed by atoms with E-state index in [1.54, 1.807) is 12.1 Å². The Morgan fingerprint density at radius 1 is 1.52 bits per heavy atom. The lowest BCUT2D eigenvalue weighted by Crippen LogP contribution is -2.41. The third-order valence-electron chi connectivity index (χ3n) is 4.12. The molecule has 0 aromatic carbocycles. The first-order valence-corrected chi connectivity index (χ1v) is 7.33. The Hall–Kier alpha value is -2.87. The summed E-state index contributed by atoms with van der Waals surface area (Å²) >= 11 is 0. The average Bonchev–Trinajstić information content (AvgIpc) is 3.16. The van der Waals surface area contributed by atoms with Gasteiger partial charge in [-0.3, -0.25) is 0 Å². The van der Waals surface area contributed by atoms with Crippen molar-refractivity contribution in [2.75, 3.05) is 19.5 Å². The molecule has 0 bridgehead atoms. The lowest BCUT2D eigenvalue weighted by molar-refractivity contribution is -0.0707. The van der Waals surface area contributed by atoms with Gasteiger partial charge in [0, 0.05) is 6.20 Å². The van der Waals surface area contributed by atoms with E-state index in [-0.39, 0.29) is 5.69 Å². The summed E-state index contributed by atoms with van der Waals surface area (Å²) in [5.74, 6) is 0. The predicted molar refractivity (Wildman–Crippen MR) is 82.1 cm³/mol. The SMILES string of the molecule is COC(=O)OC[C@H]1O[C@@](C#N)(c2ccc3c(N)ccnn23)[C@H](O)[C@@H]1O. The van der Waals surface area contributed by atoms with E-state index >= 15 is 0 Å². The number of nitriles is 1. The molecule has 3 heterocycles. The Morgan fingerprint density at radius 2 is 2.28 bits per heavy atom. The molecule has 10 nitrogen and oxygen atoms in total. The van der Waals surface area contributed by atoms with Crippen molar-refractivity contribution in [3.63, 3.8) is 0 Å². The Kier molecular flexibility index (Phi) is 4.22. The van der Waals surface area contributed by atoms with Crippen molar-refractivity contribution < 1.29 is 29.2 Å². The van der Waals surface area contributed by atoms with E-state index < -0.39 is 36.7 Å². The van der Waals surface area contributed by atoms with Crippen LogP contribution in [-0.4, -0.2) is 58.0 Å². The summed E-state index contributed by atoms with van der Waals surface area (Å²) in [5.41, 5.74) is 5.11. The Balaban J connectivity index is 1.98. The van der Waals surface area contributed by atoms with Gasteiger partial charge in [-0.1, -0.05) is 0 Å². The molecule has 1 aliphatic heterocycles. The molecule has 0 saturated carbocycles. The summed E-state index contributed by atoms with van der Waals surface area (Å²) in [4.78, 5) is 11.1. The molecule has 4 N–H and O–H groups in total. The maximum atomic E-state index is 11.1. The molecule has 132 valence electrons. The van der Waals surface area contributed by atoms with Crippen molar-refractivity contribution in [2.24, 2.45) is 0 Å². The first-order chi connectivity index (χ1) is 11.9. The van der Waals surface area contributed by atoms with E-state index in [1.165, 1.54) is 16.8 Å². The first kappa shape index (κ1) is 17.0. The van der Waals surface area contributed by atoms with Gasteiger partial charge < -0.3 is 30.2 Å². The fourth-order valence-electron chi connectivity index (χ4n) is 2.84. The maximum absolute atomic E-state index is 11.1. The summed E-state index contributed by atoms with van der Waals surface area (Å²) in [6.07, 6.45) is -3.71. The number of nitrogens with two attached hydrogens (primary N) is 1. The summed E-state index contributed by atoms with van der Waals surface area (Å²) in [6.45, 7) is -0.396. The number of methoxy groups -OCH3 is 1. The van der Waals surface area contributed by atoms with Crippen LogP contribution in [0.5, 0.6) is 0 Å². The van der Waals surface area contributed by atoms with Gasteiger partial charge in [0.05, 0.1) is 24.0 Å². The molecule has 0 spiro atoms. The lowest BCUT2D eigenvalue weighted by atomic mass is 9.92. The van der Waals surface area contributed by atoms with E-state index in [1.807, 2.05) is 6.07 Å². The minimum atomic E-state index is -1.91. The van der Waals surface area contributed by atoms with Gasteiger partial charge in [-0.05, 0) is 18.2 Å². The van der Waals surface area contributed by atoms with Crippen molar-refractivity contribution in [3.8, 4) is 6.07 Å². The van der Waals surface area contributed by atoms with Gasteiger partial charge in [0.2, 0.25) is 5.60 Å². The molecule has 0 radical (unpaired) electrons. The maximum Gasteiger partial charge on any atom is 0.508 e. The molecule has 3 rings (SSSR count). The van der Waals surface area contributed by atoms with Gasteiger partial charge in [0.25, 0.3) is 0 Å². The van der Waals surface area contributed by atoms with Crippen LogP contribution in [-0.2, 0) is 19.8 Å². The molecule has 0 amide bonds. The van der Waals surface area contributed by atoms with Gasteiger partial charge in [0.1, 0.15) is 31.0 Å². The predicted octanol–water partition coefficient (Wildman–Crippen LogP) is -0.461. The summed E-state index contributed by atoms with van der Waals surface area (Å²) in [5, 5.41) is 34.5. The molecule has 25 heavy (non-hydrogen) atoms. The summed E-state index contributed by atoms with van der Waals surface area (Å²) in [7, 11) is 1.13. The van der Waals surface area contributed by atoms with E-state index in [0.717, 1.165) is 7.11 Å². The van der Waals surface area contributed by atoms with Crippen LogP contribution < -0.4 is 5.73 Å². The smallest absolute Gasteiger partial charge is 0.438 e. The number of carbonyl (C=O) groups excluding carboxylic acids is 1. The number of fused-ring (bicyclic) bond motifs is 1. The zero-order valence-corrected chi connectivity index (χ0v) is 13.2. The second kappa shape index (κ2) is 6.21. The fourth-order valence-corrected chi connectivity index (χ4v) is 2.84. The molecule has 2 aromatic rings. The summed E-state index contributed by atoms with van der Waals surface area (Å²) in [6, 6.07) is 6.64. The zero-order chi connectivity index (χ0) is 18.2. The van der Waals surface area contributed by atoms with E-state index in [0.29, 0.717) is 11.2 Å². The highest BCUT2D eigenvalue weighted by Crippen LogP contribution is 2.40. The number of nitrogens with zero attached hydrogens (tertiary/aromatic N) is 3. The van der Waals surface area contributed by atoms with E-state index in [9.17, 15) is 20.3 Å². The van der Waals surface area contributed by atoms with Crippen LogP contribution in [0, 0.1) is 11.3 Å². The minimum absolute atomic E-state index is 0.199. The average molecular weight is 348 g/mol. The number of aromatic nitrogens is 2. The Labute approximate surface area is 141 Å². The lowest BCUT2D eigenvalue weighted by Gasteiger charge is -2.24. The molecule has 1 aliphatic rings. The largest absolute Gasteiger partial charge is 0.508 e. The molecule has 2 aromatic heterocycles. The van der Waals surface area contributed by atoms with Gasteiger partial charge >= 0.3 is 6.16 Å². The van der Waals surface area contributed by atoms with Crippen LogP contribution >= 0.6 is 0 Å². The molecular weight excluding hydrogens is 332 g/mol. The molecule has 10 heteroatoms. The number of carbonyl (C=O) groups is 1. The third-order valence-corrected chi connectivity index (χ3v) is 4.12. The monoisotopic (exact) mass is 348 g/mol. The molecule has 1 saturated heterocycles. The standard InChI is InChI=1S/C15H16N4O6/c1-23-14(22)24-6-10-12(20)13(21)15(7-16,25-10)11-3-2-9-8(17)4-5-18-19(9)11/h2-5,10,12-13,20-21H,6,17H2,1H3/t10-,12-,13-,15+/m1/s1. The van der Waals surface area contributed by atoms with Crippen LogP contribution in [0.15, 0.2) is 24.4 Å². The van der Waals surface area contributed by atoms with Crippen molar-refractivity contribution >= 4 is 17.4 Å². The number of rotatable bonds is 3. The summed E-state index contributed by atoms with van der Waals surface area (Å²) < 4.78 is 16.1. The van der Waals surface area contributed by atoms with Gasteiger partial charge in [-0.2, -0.15) is 10.4 Å². The van der Waals surface area contributed by atoms with Gasteiger partial charge in [-0.15, -0.1) is 0 Å².